The summed E-state index contributed by atoms with van der Waals surface area (Å²) >= 11 is 9.05. The first-order valence-corrected chi connectivity index (χ1v) is 8.47. The molecule has 0 saturated heterocycles. The summed E-state index contributed by atoms with van der Waals surface area (Å²) in [6.45, 7) is 6.00. The molecular formula is C12H17BrClNO2S. The van der Waals surface area contributed by atoms with Crippen molar-refractivity contribution in [2.24, 2.45) is 0 Å². The Bertz CT molecular complexity index is 517. The molecule has 0 N–H and O–H groups in total. The lowest BCUT2D eigenvalue weighted by Gasteiger charge is -2.25. The fourth-order valence-electron chi connectivity index (χ4n) is 1.77. The Morgan fingerprint density at radius 3 is 2.44 bits per heavy atom. The van der Waals surface area contributed by atoms with Crippen molar-refractivity contribution in [2.75, 3.05) is 6.54 Å². The summed E-state index contributed by atoms with van der Waals surface area (Å²) in [5.74, 6) is 0.295. The quantitative estimate of drug-likeness (QED) is 0.758. The van der Waals surface area contributed by atoms with Gasteiger partial charge in [-0.05, 0) is 47.5 Å². The van der Waals surface area contributed by atoms with Gasteiger partial charge >= 0.3 is 0 Å². The summed E-state index contributed by atoms with van der Waals surface area (Å²) in [4.78, 5) is 0.274. The van der Waals surface area contributed by atoms with Crippen LogP contribution in [-0.4, -0.2) is 25.3 Å². The molecule has 0 radical (unpaired) electrons. The Morgan fingerprint density at radius 2 is 2.00 bits per heavy atom. The van der Waals surface area contributed by atoms with Crippen LogP contribution in [-0.2, 0) is 15.9 Å². The number of sulfonamides is 1. The van der Waals surface area contributed by atoms with Crippen molar-refractivity contribution in [2.45, 2.75) is 37.6 Å². The Morgan fingerprint density at radius 1 is 1.39 bits per heavy atom. The van der Waals surface area contributed by atoms with Crippen LogP contribution < -0.4 is 0 Å². The molecule has 1 rings (SSSR count). The molecule has 0 aromatic heterocycles. The zero-order chi connectivity index (χ0) is 13.9. The maximum absolute atomic E-state index is 12.5. The first-order chi connectivity index (χ1) is 8.34. The monoisotopic (exact) mass is 353 g/mol. The molecular weight excluding hydrogens is 338 g/mol. The molecule has 0 aliphatic rings. The van der Waals surface area contributed by atoms with Crippen LogP contribution in [0.25, 0.3) is 0 Å². The first kappa shape index (κ1) is 16.0. The predicted octanol–water partition coefficient (Wildman–Crippen LogP) is 3.61. The molecule has 1 aromatic carbocycles. The molecule has 0 atom stereocenters. The number of nitrogens with zero attached hydrogens (tertiary/aromatic N) is 1. The number of benzene rings is 1. The Kier molecular flexibility index (Phi) is 5.65. The largest absolute Gasteiger partial charge is 0.244 e. The van der Waals surface area contributed by atoms with E-state index in [1.165, 1.54) is 4.31 Å². The molecule has 1 aromatic rings. The lowest BCUT2D eigenvalue weighted by Crippen LogP contribution is -2.36. The van der Waals surface area contributed by atoms with Crippen LogP contribution in [0.5, 0.6) is 0 Å². The zero-order valence-corrected chi connectivity index (χ0v) is 13.8. The highest BCUT2D eigenvalue weighted by molar-refractivity contribution is 9.10. The molecule has 0 aliphatic carbocycles. The van der Waals surface area contributed by atoms with Crippen molar-refractivity contribution in [1.82, 2.24) is 4.31 Å². The van der Waals surface area contributed by atoms with Crippen molar-refractivity contribution >= 4 is 37.6 Å². The standard InChI is InChI=1S/C12H17BrClNO2S/c1-4-15(9(2)3)18(16,17)12-7-10(8-14)5-6-11(12)13/h5-7,9H,4,8H2,1-3H3. The summed E-state index contributed by atoms with van der Waals surface area (Å²) in [5, 5.41) is 0. The van der Waals surface area contributed by atoms with Crippen molar-refractivity contribution < 1.29 is 8.42 Å². The SMILES string of the molecule is CCN(C(C)C)S(=O)(=O)c1cc(CCl)ccc1Br. The molecule has 0 unspecified atom stereocenters. The van der Waals surface area contributed by atoms with Crippen LogP contribution in [0, 0.1) is 0 Å². The summed E-state index contributed by atoms with van der Waals surface area (Å²) in [6.07, 6.45) is 0. The number of hydrogen-bond acceptors (Lipinski definition) is 2. The number of hydrogen-bond donors (Lipinski definition) is 0. The van der Waals surface area contributed by atoms with Gasteiger partial charge in [0, 0.05) is 22.9 Å². The number of halogens is 2. The van der Waals surface area contributed by atoms with E-state index in [-0.39, 0.29) is 10.9 Å². The van der Waals surface area contributed by atoms with Gasteiger partial charge in [-0.2, -0.15) is 4.31 Å². The predicted molar refractivity (Wildman–Crippen MR) is 78.4 cm³/mol. The van der Waals surface area contributed by atoms with Gasteiger partial charge < -0.3 is 0 Å². The van der Waals surface area contributed by atoms with E-state index in [4.69, 9.17) is 11.6 Å². The topological polar surface area (TPSA) is 37.4 Å². The third-order valence-electron chi connectivity index (χ3n) is 2.62. The van der Waals surface area contributed by atoms with E-state index < -0.39 is 10.0 Å². The van der Waals surface area contributed by atoms with Gasteiger partial charge in [0.1, 0.15) is 0 Å². The molecule has 0 heterocycles. The Labute approximate surface area is 122 Å². The highest BCUT2D eigenvalue weighted by Gasteiger charge is 2.27. The van der Waals surface area contributed by atoms with Crippen LogP contribution >= 0.6 is 27.5 Å². The summed E-state index contributed by atoms with van der Waals surface area (Å²) in [7, 11) is -3.49. The van der Waals surface area contributed by atoms with Gasteiger partial charge in [-0.25, -0.2) is 8.42 Å². The molecule has 0 fully saturated rings. The third kappa shape index (κ3) is 3.26. The summed E-state index contributed by atoms with van der Waals surface area (Å²) in [5.41, 5.74) is 0.790. The highest BCUT2D eigenvalue weighted by Crippen LogP contribution is 2.27. The van der Waals surface area contributed by atoms with Crippen molar-refractivity contribution in [3.05, 3.63) is 28.2 Å². The van der Waals surface area contributed by atoms with Crippen LogP contribution in [0.15, 0.2) is 27.6 Å². The van der Waals surface area contributed by atoms with Gasteiger partial charge in [-0.3, -0.25) is 0 Å². The zero-order valence-electron chi connectivity index (χ0n) is 10.7. The van der Waals surface area contributed by atoms with Gasteiger partial charge in [-0.1, -0.05) is 13.0 Å². The maximum Gasteiger partial charge on any atom is 0.244 e. The number of alkyl halides is 1. The second kappa shape index (κ2) is 6.37. The second-order valence-electron chi connectivity index (χ2n) is 4.20. The first-order valence-electron chi connectivity index (χ1n) is 5.70. The van der Waals surface area contributed by atoms with Crippen molar-refractivity contribution in [3.63, 3.8) is 0 Å². The van der Waals surface area contributed by atoms with Crippen LogP contribution in [0.3, 0.4) is 0 Å². The fourth-order valence-corrected chi connectivity index (χ4v) is 4.56. The minimum atomic E-state index is -3.49. The molecule has 0 spiro atoms. The average Bonchev–Trinajstić information content (AvgIpc) is 2.29. The number of rotatable bonds is 5. The second-order valence-corrected chi connectivity index (χ2v) is 7.18. The Hall–Kier alpha value is -0.100. The van der Waals surface area contributed by atoms with E-state index in [0.717, 1.165) is 5.56 Å². The van der Waals surface area contributed by atoms with E-state index in [0.29, 0.717) is 16.9 Å². The van der Waals surface area contributed by atoms with E-state index in [1.54, 1.807) is 12.1 Å². The third-order valence-corrected chi connectivity index (χ3v) is 6.08. The Balaban J connectivity index is 3.35. The summed E-state index contributed by atoms with van der Waals surface area (Å²) < 4.78 is 27.1. The fraction of sp³-hybridized carbons (Fsp3) is 0.500. The van der Waals surface area contributed by atoms with E-state index in [2.05, 4.69) is 15.9 Å². The molecule has 0 aliphatic heterocycles. The lowest BCUT2D eigenvalue weighted by atomic mass is 10.2. The van der Waals surface area contributed by atoms with Gasteiger partial charge in [0.25, 0.3) is 0 Å². The van der Waals surface area contributed by atoms with Crippen LogP contribution in [0.2, 0.25) is 0 Å². The minimum absolute atomic E-state index is 0.0773. The minimum Gasteiger partial charge on any atom is -0.207 e. The van der Waals surface area contributed by atoms with Crippen molar-refractivity contribution in [1.29, 1.82) is 0 Å². The molecule has 3 nitrogen and oxygen atoms in total. The van der Waals surface area contributed by atoms with Gasteiger partial charge in [0.15, 0.2) is 0 Å². The van der Waals surface area contributed by atoms with E-state index in [9.17, 15) is 8.42 Å². The molecule has 0 saturated carbocycles. The normalized spacial score (nSPS) is 12.4. The van der Waals surface area contributed by atoms with Crippen LogP contribution in [0.4, 0.5) is 0 Å². The van der Waals surface area contributed by atoms with Crippen LogP contribution in [0.1, 0.15) is 26.3 Å². The van der Waals surface area contributed by atoms with Gasteiger partial charge in [0.2, 0.25) is 10.0 Å². The van der Waals surface area contributed by atoms with E-state index >= 15 is 0 Å². The van der Waals surface area contributed by atoms with Gasteiger partial charge in [0.05, 0.1) is 4.90 Å². The summed E-state index contributed by atoms with van der Waals surface area (Å²) in [6, 6.07) is 5.07. The molecule has 0 bridgehead atoms. The molecule has 6 heteroatoms. The molecule has 0 amide bonds. The van der Waals surface area contributed by atoms with Gasteiger partial charge in [-0.15, -0.1) is 11.6 Å². The highest BCUT2D eigenvalue weighted by atomic mass is 79.9. The lowest BCUT2D eigenvalue weighted by molar-refractivity contribution is 0.369. The smallest absolute Gasteiger partial charge is 0.207 e. The van der Waals surface area contributed by atoms with E-state index in [1.807, 2.05) is 26.8 Å². The molecule has 102 valence electrons. The average molecular weight is 355 g/mol. The molecule has 18 heavy (non-hydrogen) atoms. The maximum atomic E-state index is 12.5. The van der Waals surface area contributed by atoms with Crippen molar-refractivity contribution in [3.8, 4) is 0 Å².